The zero-order chi connectivity index (χ0) is 14.2. The number of hydrogen-bond donors (Lipinski definition) is 2. The van der Waals surface area contributed by atoms with Gasteiger partial charge >= 0.3 is 6.03 Å². The Bertz CT molecular complexity index is 575. The summed E-state index contributed by atoms with van der Waals surface area (Å²) in [6.07, 6.45) is 0.833. The molecule has 0 spiro atoms. The molecular weight excluding hydrogens is 238 g/mol. The molecule has 1 aliphatic heterocycles. The number of carbonyl (C=O) groups is 1. The number of benzene rings is 1. The molecule has 0 atom stereocenters. The van der Waals surface area contributed by atoms with Crippen molar-refractivity contribution in [2.24, 2.45) is 5.73 Å². The van der Waals surface area contributed by atoms with E-state index >= 15 is 0 Å². The predicted octanol–water partition coefficient (Wildman–Crippen LogP) is 2.94. The number of rotatable bonds is 3. The number of anilines is 2. The zero-order valence-corrected chi connectivity index (χ0v) is 11.4. The summed E-state index contributed by atoms with van der Waals surface area (Å²) >= 11 is 0. The topological polar surface area (TPSA) is 58.4 Å². The minimum Gasteiger partial charge on any atom is -0.356 e. The second-order valence-corrected chi connectivity index (χ2v) is 4.86. The van der Waals surface area contributed by atoms with E-state index < -0.39 is 6.03 Å². The van der Waals surface area contributed by atoms with Crippen molar-refractivity contribution >= 4 is 17.4 Å². The van der Waals surface area contributed by atoms with Crippen molar-refractivity contribution in [2.45, 2.75) is 20.3 Å². The van der Waals surface area contributed by atoms with Crippen LogP contribution in [0.15, 0.2) is 36.6 Å². The van der Waals surface area contributed by atoms with Gasteiger partial charge in [-0.2, -0.15) is 0 Å². The Balaban J connectivity index is 2.35. The fourth-order valence-corrected chi connectivity index (χ4v) is 2.29. The second kappa shape index (κ2) is 4.80. The van der Waals surface area contributed by atoms with Gasteiger partial charge in [0.15, 0.2) is 0 Å². The summed E-state index contributed by atoms with van der Waals surface area (Å²) in [6, 6.07) is 3.47. The first-order chi connectivity index (χ1) is 8.91. The molecule has 3 N–H and O–H groups in total. The van der Waals surface area contributed by atoms with E-state index in [0.29, 0.717) is 6.54 Å². The van der Waals surface area contributed by atoms with Crippen molar-refractivity contribution in [3.05, 3.63) is 47.7 Å². The van der Waals surface area contributed by atoms with E-state index in [0.717, 1.165) is 34.6 Å². The molecule has 0 radical (unpaired) electrons. The maximum absolute atomic E-state index is 11.3. The van der Waals surface area contributed by atoms with Gasteiger partial charge in [0.25, 0.3) is 0 Å². The van der Waals surface area contributed by atoms with Gasteiger partial charge in [-0.25, -0.2) is 4.79 Å². The number of carbonyl (C=O) groups excluding carboxylic acids is 1. The molecule has 0 aliphatic carbocycles. The number of urea groups is 1. The number of amides is 2. The van der Waals surface area contributed by atoms with Crippen molar-refractivity contribution in [2.75, 3.05) is 16.8 Å². The first kappa shape index (κ1) is 13.2. The maximum atomic E-state index is 11.3. The molecule has 4 heteroatoms. The third-order valence-electron chi connectivity index (χ3n) is 3.52. The normalized spacial score (nSPS) is 13.1. The highest BCUT2D eigenvalue weighted by atomic mass is 16.2. The lowest BCUT2D eigenvalue weighted by atomic mass is 10.0. The predicted molar refractivity (Wildman–Crippen MR) is 79.4 cm³/mol. The number of hydrogen-bond acceptors (Lipinski definition) is 2. The van der Waals surface area contributed by atoms with Crippen LogP contribution >= 0.6 is 0 Å². The molecule has 4 nitrogen and oxygen atoms in total. The molecule has 2 rings (SSSR count). The molecule has 0 saturated heterocycles. The molecule has 0 bridgehead atoms. The molecule has 0 fully saturated rings. The van der Waals surface area contributed by atoms with E-state index in [1.54, 1.807) is 4.90 Å². The third kappa shape index (κ3) is 2.34. The third-order valence-corrected chi connectivity index (χ3v) is 3.52. The molecule has 1 aromatic carbocycles. The summed E-state index contributed by atoms with van der Waals surface area (Å²) in [5, 5.41) is 3.25. The number of fused-ring (bicyclic) bond motifs is 1. The highest BCUT2D eigenvalue weighted by molar-refractivity contribution is 5.94. The van der Waals surface area contributed by atoms with Crippen LogP contribution in [0.4, 0.5) is 16.2 Å². The van der Waals surface area contributed by atoms with Gasteiger partial charge in [0.2, 0.25) is 0 Å². The molecule has 1 aliphatic rings. The lowest BCUT2D eigenvalue weighted by Gasteiger charge is -2.17. The largest absolute Gasteiger partial charge is 0.356 e. The number of nitrogens with two attached hydrogens (primary N) is 1. The van der Waals surface area contributed by atoms with Crippen LogP contribution in [0.5, 0.6) is 0 Å². The van der Waals surface area contributed by atoms with Crippen LogP contribution in [0, 0.1) is 6.92 Å². The van der Waals surface area contributed by atoms with E-state index in [2.05, 4.69) is 18.5 Å². The SMILES string of the molecule is C=C(C)C(=C)Nc1ccc2c(c1C)CCN2C(N)=O. The van der Waals surface area contributed by atoms with Gasteiger partial charge in [0, 0.05) is 23.6 Å². The van der Waals surface area contributed by atoms with Crippen molar-refractivity contribution < 1.29 is 4.79 Å². The van der Waals surface area contributed by atoms with Gasteiger partial charge in [-0.05, 0) is 49.1 Å². The quantitative estimate of drug-likeness (QED) is 0.818. The van der Waals surface area contributed by atoms with Crippen LogP contribution in [0.2, 0.25) is 0 Å². The van der Waals surface area contributed by atoms with Gasteiger partial charge in [-0.1, -0.05) is 13.2 Å². The van der Waals surface area contributed by atoms with Gasteiger partial charge in [0.05, 0.1) is 0 Å². The fourth-order valence-electron chi connectivity index (χ4n) is 2.29. The van der Waals surface area contributed by atoms with E-state index in [1.165, 1.54) is 5.56 Å². The Morgan fingerprint density at radius 2 is 2.11 bits per heavy atom. The second-order valence-electron chi connectivity index (χ2n) is 4.86. The summed E-state index contributed by atoms with van der Waals surface area (Å²) < 4.78 is 0. The molecule has 0 unspecified atom stereocenters. The summed E-state index contributed by atoms with van der Waals surface area (Å²) in [7, 11) is 0. The Morgan fingerprint density at radius 1 is 1.42 bits per heavy atom. The molecule has 19 heavy (non-hydrogen) atoms. The van der Waals surface area contributed by atoms with Crippen LogP contribution in [0.25, 0.3) is 0 Å². The minimum atomic E-state index is -0.398. The molecule has 0 aromatic heterocycles. The summed E-state index contributed by atoms with van der Waals surface area (Å²) in [5.41, 5.74) is 11.3. The molecule has 100 valence electrons. The molecule has 1 aromatic rings. The number of allylic oxidation sites excluding steroid dienone is 1. The highest BCUT2D eigenvalue weighted by Gasteiger charge is 2.25. The van der Waals surface area contributed by atoms with Crippen molar-refractivity contribution in [3.8, 4) is 0 Å². The minimum absolute atomic E-state index is 0.398. The molecular formula is C15H19N3O. The first-order valence-corrected chi connectivity index (χ1v) is 6.23. The molecule has 2 amide bonds. The monoisotopic (exact) mass is 257 g/mol. The van der Waals surface area contributed by atoms with E-state index in [1.807, 2.05) is 26.0 Å². The van der Waals surface area contributed by atoms with Crippen LogP contribution in [-0.4, -0.2) is 12.6 Å². The number of nitrogens with zero attached hydrogens (tertiary/aromatic N) is 1. The van der Waals surface area contributed by atoms with Crippen LogP contribution in [0.1, 0.15) is 18.1 Å². The van der Waals surface area contributed by atoms with E-state index in [9.17, 15) is 4.79 Å². The van der Waals surface area contributed by atoms with Gasteiger partial charge in [-0.15, -0.1) is 0 Å². The van der Waals surface area contributed by atoms with E-state index in [-0.39, 0.29) is 0 Å². The Morgan fingerprint density at radius 3 is 2.68 bits per heavy atom. The average molecular weight is 257 g/mol. The fraction of sp³-hybridized carbons (Fsp3) is 0.267. The van der Waals surface area contributed by atoms with Crippen molar-refractivity contribution in [1.82, 2.24) is 0 Å². The molecule has 0 saturated carbocycles. The summed E-state index contributed by atoms with van der Waals surface area (Å²) in [6.45, 7) is 12.4. The molecule has 1 heterocycles. The van der Waals surface area contributed by atoms with Crippen molar-refractivity contribution in [1.29, 1.82) is 0 Å². The number of primary amides is 1. The Labute approximate surface area is 113 Å². The number of nitrogens with one attached hydrogen (secondary N) is 1. The zero-order valence-electron chi connectivity index (χ0n) is 11.4. The maximum Gasteiger partial charge on any atom is 0.319 e. The van der Waals surface area contributed by atoms with Gasteiger partial charge < -0.3 is 11.1 Å². The Kier molecular flexibility index (Phi) is 3.34. The van der Waals surface area contributed by atoms with Crippen LogP contribution in [-0.2, 0) is 6.42 Å². The van der Waals surface area contributed by atoms with Crippen molar-refractivity contribution in [3.63, 3.8) is 0 Å². The highest BCUT2D eigenvalue weighted by Crippen LogP contribution is 2.34. The summed E-state index contributed by atoms with van der Waals surface area (Å²) in [4.78, 5) is 12.9. The van der Waals surface area contributed by atoms with Gasteiger partial charge in [0.1, 0.15) is 0 Å². The average Bonchev–Trinajstić information content (AvgIpc) is 2.77. The summed E-state index contributed by atoms with van der Waals surface area (Å²) in [5.74, 6) is 0. The van der Waals surface area contributed by atoms with E-state index in [4.69, 9.17) is 5.73 Å². The lowest BCUT2D eigenvalue weighted by Crippen LogP contribution is -2.33. The smallest absolute Gasteiger partial charge is 0.319 e. The van der Waals surface area contributed by atoms with Crippen LogP contribution < -0.4 is 16.0 Å². The first-order valence-electron chi connectivity index (χ1n) is 6.23. The Hall–Kier alpha value is -2.23. The lowest BCUT2D eigenvalue weighted by molar-refractivity contribution is 0.254. The van der Waals surface area contributed by atoms with Crippen LogP contribution in [0.3, 0.4) is 0 Å². The van der Waals surface area contributed by atoms with Gasteiger partial charge in [-0.3, -0.25) is 4.90 Å². The standard InChI is InChI=1S/C15H19N3O/c1-9(2)11(4)17-13-5-6-14-12(10(13)3)7-8-18(14)15(16)19/h5-6,17H,1,4,7-8H2,2-3H3,(H2,16,19).